The number of nitrogen functional groups attached to an aromatic ring is 1. The summed E-state index contributed by atoms with van der Waals surface area (Å²) in [4.78, 5) is 18.7. The molecule has 0 spiro atoms. The molecule has 0 aliphatic rings. The van der Waals surface area contributed by atoms with Gasteiger partial charge in [0.05, 0.1) is 12.6 Å². The quantitative estimate of drug-likeness (QED) is 0.804. The van der Waals surface area contributed by atoms with E-state index in [2.05, 4.69) is 24.1 Å². The van der Waals surface area contributed by atoms with Crippen LogP contribution >= 0.6 is 11.3 Å². The van der Waals surface area contributed by atoms with Crippen LogP contribution in [0.3, 0.4) is 0 Å². The second-order valence-corrected chi connectivity index (χ2v) is 6.23. The molecule has 1 amide bonds. The number of likely N-dealkylation sites (N-methyl/N-ethyl adjacent to an activating group) is 1. The summed E-state index contributed by atoms with van der Waals surface area (Å²) in [6.07, 6.45) is 0. The molecule has 0 aliphatic carbocycles. The van der Waals surface area contributed by atoms with E-state index in [0.29, 0.717) is 22.5 Å². The molecule has 1 heterocycles. The number of hydrogen-bond acceptors (Lipinski definition) is 6. The van der Waals surface area contributed by atoms with Gasteiger partial charge >= 0.3 is 0 Å². The minimum absolute atomic E-state index is 0.0129. The largest absolute Gasteiger partial charge is 0.383 e. The molecule has 0 saturated heterocycles. The molecular weight excluding hydrogens is 276 g/mol. The Morgan fingerprint density at radius 3 is 2.70 bits per heavy atom. The van der Waals surface area contributed by atoms with E-state index in [1.807, 2.05) is 6.92 Å². The van der Waals surface area contributed by atoms with E-state index in [4.69, 9.17) is 10.5 Å². The van der Waals surface area contributed by atoms with Crippen molar-refractivity contribution in [2.45, 2.75) is 26.8 Å². The number of carbonyl (C=O) groups excluding carboxylic acids is 1. The number of aromatic nitrogens is 1. The number of nitrogens with zero attached hydrogens (tertiary/aromatic N) is 2. The van der Waals surface area contributed by atoms with Crippen LogP contribution in [0.2, 0.25) is 0 Å². The summed E-state index contributed by atoms with van der Waals surface area (Å²) in [7, 11) is 3.36. The maximum Gasteiger partial charge on any atom is 0.267 e. The van der Waals surface area contributed by atoms with Crippen molar-refractivity contribution in [2.24, 2.45) is 5.92 Å². The van der Waals surface area contributed by atoms with E-state index < -0.39 is 0 Å². The average molecular weight is 300 g/mol. The summed E-state index contributed by atoms with van der Waals surface area (Å²) >= 11 is 1.29. The Balaban J connectivity index is 2.77. The Hall–Kier alpha value is -1.34. The number of nitrogens with one attached hydrogen (secondary N) is 1. The van der Waals surface area contributed by atoms with Crippen LogP contribution in [-0.2, 0) is 4.74 Å². The molecule has 20 heavy (non-hydrogen) atoms. The third-order valence-corrected chi connectivity index (χ3v) is 3.92. The van der Waals surface area contributed by atoms with Gasteiger partial charge in [0.2, 0.25) is 0 Å². The zero-order valence-corrected chi connectivity index (χ0v) is 13.6. The molecule has 0 fully saturated rings. The summed E-state index contributed by atoms with van der Waals surface area (Å²) in [5.41, 5.74) is 5.84. The molecule has 1 rings (SSSR count). The number of hydrogen-bond donors (Lipinski definition) is 2. The van der Waals surface area contributed by atoms with Crippen molar-refractivity contribution in [3.63, 3.8) is 0 Å². The van der Waals surface area contributed by atoms with Crippen LogP contribution in [0.15, 0.2) is 0 Å². The Morgan fingerprint density at radius 2 is 2.15 bits per heavy atom. The number of nitrogens with two attached hydrogens (primary N) is 1. The molecule has 114 valence electrons. The van der Waals surface area contributed by atoms with Crippen molar-refractivity contribution in [3.05, 3.63) is 4.88 Å². The summed E-state index contributed by atoms with van der Waals surface area (Å²) in [5.74, 6) is 0.661. The van der Waals surface area contributed by atoms with Crippen molar-refractivity contribution in [3.8, 4) is 0 Å². The minimum Gasteiger partial charge on any atom is -0.383 e. The first-order valence-corrected chi connectivity index (χ1v) is 7.44. The molecule has 0 radical (unpaired) electrons. The van der Waals surface area contributed by atoms with Gasteiger partial charge in [0.1, 0.15) is 10.7 Å². The van der Waals surface area contributed by atoms with E-state index in [1.165, 1.54) is 11.3 Å². The molecule has 0 saturated carbocycles. The molecular formula is C13H24N4O2S. The van der Waals surface area contributed by atoms with E-state index in [1.54, 1.807) is 19.1 Å². The van der Waals surface area contributed by atoms with Gasteiger partial charge in [-0.3, -0.25) is 4.79 Å². The Kier molecular flexibility index (Phi) is 6.22. The number of anilines is 2. The number of carbonyl (C=O) groups is 1. The van der Waals surface area contributed by atoms with Crippen LogP contribution in [0.5, 0.6) is 0 Å². The first kappa shape index (κ1) is 16.7. The molecule has 3 N–H and O–H groups in total. The van der Waals surface area contributed by atoms with Gasteiger partial charge in [0, 0.05) is 20.7 Å². The first-order chi connectivity index (χ1) is 9.36. The minimum atomic E-state index is -0.123. The number of amides is 1. The maximum absolute atomic E-state index is 12.4. The lowest BCUT2D eigenvalue weighted by Gasteiger charge is -2.23. The monoisotopic (exact) mass is 300 g/mol. The number of thiazole rings is 1. The van der Waals surface area contributed by atoms with Crippen molar-refractivity contribution in [1.82, 2.24) is 9.88 Å². The van der Waals surface area contributed by atoms with Crippen molar-refractivity contribution < 1.29 is 9.53 Å². The summed E-state index contributed by atoms with van der Waals surface area (Å²) < 4.78 is 5.06. The Labute approximate surface area is 124 Å². The molecule has 0 aliphatic heterocycles. The normalized spacial score (nSPS) is 12.5. The van der Waals surface area contributed by atoms with Crippen LogP contribution in [0.1, 0.15) is 30.4 Å². The molecule has 1 aromatic rings. The fourth-order valence-electron chi connectivity index (χ4n) is 1.57. The van der Waals surface area contributed by atoms with Crippen LogP contribution in [-0.4, -0.2) is 49.1 Å². The molecule has 1 unspecified atom stereocenters. The topological polar surface area (TPSA) is 80.5 Å². The number of ether oxygens (including phenoxy) is 1. The highest BCUT2D eigenvalue weighted by Gasteiger charge is 2.23. The third-order valence-electron chi connectivity index (χ3n) is 2.90. The predicted octanol–water partition coefficient (Wildman–Crippen LogP) is 1.90. The van der Waals surface area contributed by atoms with Gasteiger partial charge in [-0.15, -0.1) is 0 Å². The van der Waals surface area contributed by atoms with Crippen molar-refractivity contribution in [1.29, 1.82) is 0 Å². The lowest BCUT2D eigenvalue weighted by molar-refractivity contribution is 0.0639. The van der Waals surface area contributed by atoms with Crippen LogP contribution in [0, 0.1) is 5.92 Å². The molecule has 6 nitrogen and oxygen atoms in total. The lowest BCUT2D eigenvalue weighted by Crippen LogP contribution is -2.37. The third kappa shape index (κ3) is 4.35. The van der Waals surface area contributed by atoms with Crippen molar-refractivity contribution >= 4 is 28.2 Å². The van der Waals surface area contributed by atoms with Crippen LogP contribution < -0.4 is 11.1 Å². The fourth-order valence-corrected chi connectivity index (χ4v) is 2.44. The van der Waals surface area contributed by atoms with Gasteiger partial charge in [0.25, 0.3) is 5.91 Å². The highest BCUT2D eigenvalue weighted by atomic mass is 32.1. The highest BCUT2D eigenvalue weighted by molar-refractivity contribution is 7.18. The van der Waals surface area contributed by atoms with E-state index in [-0.39, 0.29) is 17.8 Å². The lowest BCUT2D eigenvalue weighted by atomic mass is 10.2. The SMILES string of the molecule is COCC(C)N(C)C(=O)c1sc(NCC(C)C)nc1N. The highest BCUT2D eigenvalue weighted by Crippen LogP contribution is 2.26. The van der Waals surface area contributed by atoms with E-state index in [9.17, 15) is 4.79 Å². The fraction of sp³-hybridized carbons (Fsp3) is 0.692. The van der Waals surface area contributed by atoms with Gasteiger partial charge in [-0.25, -0.2) is 4.98 Å². The number of methoxy groups -OCH3 is 1. The van der Waals surface area contributed by atoms with Crippen LogP contribution in [0.4, 0.5) is 10.9 Å². The summed E-state index contributed by atoms with van der Waals surface area (Å²) in [6, 6.07) is -0.0129. The van der Waals surface area contributed by atoms with Gasteiger partial charge in [-0.2, -0.15) is 0 Å². The average Bonchev–Trinajstić information content (AvgIpc) is 2.76. The standard InChI is InChI=1S/C13H24N4O2S/c1-8(2)6-15-13-16-11(14)10(20-13)12(18)17(4)9(3)7-19-5/h8-9H,6-7,14H2,1-5H3,(H,15,16). The Bertz CT molecular complexity index is 448. The van der Waals surface area contributed by atoms with E-state index >= 15 is 0 Å². The van der Waals surface area contributed by atoms with Gasteiger partial charge in [-0.1, -0.05) is 25.2 Å². The van der Waals surface area contributed by atoms with E-state index in [0.717, 1.165) is 6.54 Å². The molecule has 0 bridgehead atoms. The predicted molar refractivity (Wildman–Crippen MR) is 83.3 cm³/mol. The van der Waals surface area contributed by atoms with Crippen LogP contribution in [0.25, 0.3) is 0 Å². The van der Waals surface area contributed by atoms with Gasteiger partial charge in [-0.05, 0) is 12.8 Å². The Morgan fingerprint density at radius 1 is 1.50 bits per heavy atom. The second-order valence-electron chi connectivity index (χ2n) is 5.23. The zero-order chi connectivity index (χ0) is 15.3. The van der Waals surface area contributed by atoms with Gasteiger partial charge < -0.3 is 20.7 Å². The van der Waals surface area contributed by atoms with Gasteiger partial charge in [0.15, 0.2) is 5.13 Å². The summed E-state index contributed by atoms with van der Waals surface area (Å²) in [6.45, 7) is 7.43. The maximum atomic E-state index is 12.4. The second kappa shape index (κ2) is 7.44. The van der Waals surface area contributed by atoms with Crippen molar-refractivity contribution in [2.75, 3.05) is 38.4 Å². The molecule has 1 aromatic heterocycles. The molecule has 1 atom stereocenters. The molecule has 7 heteroatoms. The smallest absolute Gasteiger partial charge is 0.267 e. The molecule has 0 aromatic carbocycles. The summed E-state index contributed by atoms with van der Waals surface area (Å²) in [5, 5.41) is 3.87. The first-order valence-electron chi connectivity index (χ1n) is 6.63. The zero-order valence-electron chi connectivity index (χ0n) is 12.8. The number of rotatable bonds is 7.